The first-order valence-corrected chi connectivity index (χ1v) is 11.4. The summed E-state index contributed by atoms with van der Waals surface area (Å²) in [5, 5.41) is 10.6. The van der Waals surface area contributed by atoms with Crippen molar-refractivity contribution in [3.63, 3.8) is 0 Å². The van der Waals surface area contributed by atoms with E-state index in [2.05, 4.69) is 0 Å². The van der Waals surface area contributed by atoms with Crippen molar-refractivity contribution in [1.29, 1.82) is 0 Å². The van der Waals surface area contributed by atoms with Gasteiger partial charge in [0.15, 0.2) is 0 Å². The van der Waals surface area contributed by atoms with Gasteiger partial charge in [-0.15, -0.1) is 0 Å². The molecule has 1 aromatic heterocycles. The average molecular weight is 476 g/mol. The van der Waals surface area contributed by atoms with Crippen LogP contribution >= 0.6 is 11.6 Å². The van der Waals surface area contributed by atoms with Crippen LogP contribution in [-0.4, -0.2) is 31.2 Å². The van der Waals surface area contributed by atoms with E-state index >= 15 is 0 Å². The summed E-state index contributed by atoms with van der Waals surface area (Å²) in [5.41, 5.74) is 1.87. The first-order chi connectivity index (χ1) is 16.1. The van der Waals surface area contributed by atoms with Crippen molar-refractivity contribution in [2.24, 2.45) is 0 Å². The lowest BCUT2D eigenvalue weighted by atomic mass is 10.0. The molecule has 0 saturated carbocycles. The van der Waals surface area contributed by atoms with Gasteiger partial charge in [-0.2, -0.15) is 0 Å². The average Bonchev–Trinajstić information content (AvgIpc) is 2.78. The minimum atomic E-state index is -1.09. The van der Waals surface area contributed by atoms with Crippen LogP contribution in [0.2, 0.25) is 5.02 Å². The summed E-state index contributed by atoms with van der Waals surface area (Å²) in [7, 11) is 0. The predicted octanol–water partition coefficient (Wildman–Crippen LogP) is 6.55. The molecule has 0 saturated heterocycles. The predicted molar refractivity (Wildman–Crippen MR) is 136 cm³/mol. The van der Waals surface area contributed by atoms with Gasteiger partial charge in [0.1, 0.15) is 5.82 Å². The van der Waals surface area contributed by atoms with E-state index in [0.717, 1.165) is 11.1 Å². The fourth-order valence-corrected chi connectivity index (χ4v) is 4.59. The van der Waals surface area contributed by atoms with E-state index in [9.17, 15) is 14.7 Å². The van der Waals surface area contributed by atoms with Crippen LogP contribution in [0.5, 0.6) is 0 Å². The number of benzene rings is 3. The lowest BCUT2D eigenvalue weighted by molar-refractivity contribution is 0.0719. The van der Waals surface area contributed by atoms with Crippen molar-refractivity contribution in [1.82, 2.24) is 14.5 Å². The summed E-state index contributed by atoms with van der Waals surface area (Å²) in [6.45, 7) is 7.19. The second-order valence-corrected chi connectivity index (χ2v) is 9.57. The fraction of sp³-hybridized carbons (Fsp3) is 0.222. The van der Waals surface area contributed by atoms with Crippen LogP contribution in [0.3, 0.4) is 0 Å². The van der Waals surface area contributed by atoms with Crippen molar-refractivity contribution >= 4 is 28.6 Å². The summed E-state index contributed by atoms with van der Waals surface area (Å²) < 4.78 is 1.48. The Labute approximate surface area is 203 Å². The van der Waals surface area contributed by atoms with Gasteiger partial charge >= 0.3 is 6.09 Å². The normalized spacial score (nSPS) is 12.5. The molecule has 0 fully saturated rings. The first kappa shape index (κ1) is 23.5. The van der Waals surface area contributed by atoms with Crippen LogP contribution in [0.4, 0.5) is 4.79 Å². The van der Waals surface area contributed by atoms with Gasteiger partial charge in [0.05, 0.1) is 27.7 Å². The Morgan fingerprint density at radius 1 is 1.00 bits per heavy atom. The van der Waals surface area contributed by atoms with Crippen LogP contribution in [0.15, 0.2) is 77.6 Å². The number of fused-ring (bicyclic) bond motifs is 1. The SMILES string of the molecule is C[C@@H](c1nc2cccc(Cl)c2c(=O)n1-c1cccc(-c2ccccc2)c1)N(C(=O)O)C(C)(C)C. The Morgan fingerprint density at radius 3 is 2.29 bits per heavy atom. The van der Waals surface area contributed by atoms with Crippen LogP contribution in [0.1, 0.15) is 39.6 Å². The highest BCUT2D eigenvalue weighted by Crippen LogP contribution is 2.31. The number of aromatic nitrogens is 2. The molecule has 3 aromatic carbocycles. The topological polar surface area (TPSA) is 75.4 Å². The maximum absolute atomic E-state index is 13.8. The Hall–Kier alpha value is -3.64. The van der Waals surface area contributed by atoms with E-state index in [1.54, 1.807) is 25.1 Å². The van der Waals surface area contributed by atoms with Gasteiger partial charge < -0.3 is 5.11 Å². The van der Waals surface area contributed by atoms with Crippen LogP contribution in [-0.2, 0) is 0 Å². The largest absolute Gasteiger partial charge is 0.465 e. The first-order valence-electron chi connectivity index (χ1n) is 11.0. The quantitative estimate of drug-likeness (QED) is 0.363. The molecule has 174 valence electrons. The van der Waals surface area contributed by atoms with Crippen molar-refractivity contribution in [3.8, 4) is 16.8 Å². The maximum atomic E-state index is 13.8. The van der Waals surface area contributed by atoms with E-state index < -0.39 is 17.7 Å². The zero-order valence-electron chi connectivity index (χ0n) is 19.5. The molecule has 7 heteroatoms. The number of halogens is 1. The standard InChI is InChI=1S/C27H26ClN3O3/c1-17(31(26(33)34)27(2,3)4)24-29-22-15-9-14-21(28)23(22)25(32)30(24)20-13-8-12-19(16-20)18-10-6-5-7-11-18/h5-17H,1-4H3,(H,33,34)/t17-/m0/s1. The van der Waals surface area contributed by atoms with E-state index in [0.29, 0.717) is 27.4 Å². The third-order valence-corrected chi connectivity index (χ3v) is 6.09. The second-order valence-electron chi connectivity index (χ2n) is 9.16. The Morgan fingerprint density at radius 2 is 1.65 bits per heavy atom. The third kappa shape index (κ3) is 4.29. The molecule has 4 aromatic rings. The number of rotatable bonds is 4. The molecule has 0 unspecified atom stereocenters. The summed E-state index contributed by atoms with van der Waals surface area (Å²) in [4.78, 5) is 32.2. The summed E-state index contributed by atoms with van der Waals surface area (Å²) in [6.07, 6.45) is -1.09. The Balaban J connectivity index is 2.03. The van der Waals surface area contributed by atoms with Gasteiger partial charge in [0.2, 0.25) is 0 Å². The minimum absolute atomic E-state index is 0.294. The number of carbonyl (C=O) groups is 1. The molecular formula is C27H26ClN3O3. The van der Waals surface area contributed by atoms with Crippen LogP contribution < -0.4 is 5.56 Å². The fourth-order valence-electron chi connectivity index (χ4n) is 4.34. The molecule has 0 radical (unpaired) electrons. The second kappa shape index (κ2) is 8.95. The number of nitrogens with zero attached hydrogens (tertiary/aromatic N) is 3. The Bertz CT molecular complexity index is 1430. The molecule has 0 bridgehead atoms. The van der Waals surface area contributed by atoms with Gasteiger partial charge in [0, 0.05) is 5.54 Å². The molecule has 4 rings (SSSR count). The maximum Gasteiger partial charge on any atom is 0.408 e. The van der Waals surface area contributed by atoms with Crippen molar-refractivity contribution in [2.45, 2.75) is 39.3 Å². The van der Waals surface area contributed by atoms with Crippen LogP contribution in [0.25, 0.3) is 27.7 Å². The van der Waals surface area contributed by atoms with Gasteiger partial charge in [-0.3, -0.25) is 14.3 Å². The molecule has 1 atom stereocenters. The van der Waals surface area contributed by atoms with Crippen molar-refractivity contribution < 1.29 is 9.90 Å². The number of amides is 1. The molecule has 0 aliphatic rings. The molecule has 6 nitrogen and oxygen atoms in total. The van der Waals surface area contributed by atoms with Gasteiger partial charge in [-0.1, -0.05) is 60.1 Å². The highest BCUT2D eigenvalue weighted by Gasteiger charge is 2.34. The molecule has 0 aliphatic heterocycles. The molecule has 1 N–H and O–H groups in total. The zero-order chi connectivity index (χ0) is 24.6. The van der Waals surface area contributed by atoms with Gasteiger partial charge in [-0.05, 0) is 63.1 Å². The Kier molecular flexibility index (Phi) is 6.19. The lowest BCUT2D eigenvalue weighted by Gasteiger charge is -2.38. The third-order valence-electron chi connectivity index (χ3n) is 5.77. The van der Waals surface area contributed by atoms with E-state index in [1.165, 1.54) is 9.47 Å². The smallest absolute Gasteiger partial charge is 0.408 e. The van der Waals surface area contributed by atoms with Crippen molar-refractivity contribution in [2.75, 3.05) is 0 Å². The van der Waals surface area contributed by atoms with E-state index in [-0.39, 0.29) is 5.56 Å². The monoisotopic (exact) mass is 475 g/mol. The highest BCUT2D eigenvalue weighted by atomic mass is 35.5. The molecule has 0 spiro atoms. The van der Waals surface area contributed by atoms with Crippen LogP contribution in [0, 0.1) is 0 Å². The van der Waals surface area contributed by atoms with Crippen molar-refractivity contribution in [3.05, 3.63) is 94.0 Å². The minimum Gasteiger partial charge on any atom is -0.465 e. The number of carboxylic acid groups (broad SMARTS) is 1. The number of hydrogen-bond acceptors (Lipinski definition) is 3. The van der Waals surface area contributed by atoms with E-state index in [4.69, 9.17) is 16.6 Å². The summed E-state index contributed by atoms with van der Waals surface area (Å²) >= 11 is 6.41. The molecule has 1 amide bonds. The number of hydrogen-bond donors (Lipinski definition) is 1. The molecule has 0 aliphatic carbocycles. The van der Waals surface area contributed by atoms with E-state index in [1.807, 2.05) is 75.4 Å². The molecule has 1 heterocycles. The molecule has 34 heavy (non-hydrogen) atoms. The van der Waals surface area contributed by atoms with Gasteiger partial charge in [0.25, 0.3) is 5.56 Å². The summed E-state index contributed by atoms with van der Waals surface area (Å²) in [6, 6.07) is 21.8. The highest BCUT2D eigenvalue weighted by molar-refractivity contribution is 6.35. The summed E-state index contributed by atoms with van der Waals surface area (Å²) in [5.74, 6) is 0.322. The molecular weight excluding hydrogens is 450 g/mol. The lowest BCUT2D eigenvalue weighted by Crippen LogP contribution is -2.47. The van der Waals surface area contributed by atoms with Gasteiger partial charge in [-0.25, -0.2) is 9.78 Å². The zero-order valence-corrected chi connectivity index (χ0v) is 20.2.